The van der Waals surface area contributed by atoms with Crippen LogP contribution in [0.25, 0.3) is 16.0 Å². The SMILES string of the molecule is CCS(=O)(=O)c1nc2ncn(-c3ccc(C)cc3C)c(=O)c2s1. The largest absolute Gasteiger partial charge is 0.277 e. The molecule has 0 spiro atoms. The van der Waals surface area contributed by atoms with Crippen LogP contribution in [0.15, 0.2) is 33.7 Å². The van der Waals surface area contributed by atoms with Crippen molar-refractivity contribution in [2.75, 3.05) is 5.75 Å². The number of hydrogen-bond acceptors (Lipinski definition) is 6. The van der Waals surface area contributed by atoms with Gasteiger partial charge >= 0.3 is 0 Å². The Labute approximate surface area is 137 Å². The van der Waals surface area contributed by atoms with Gasteiger partial charge in [0.1, 0.15) is 11.0 Å². The van der Waals surface area contributed by atoms with E-state index in [9.17, 15) is 13.2 Å². The lowest BCUT2D eigenvalue weighted by Gasteiger charge is -2.08. The lowest BCUT2D eigenvalue weighted by molar-refractivity contribution is 0.596. The molecular weight excluding hydrogens is 334 g/mol. The molecule has 0 aliphatic rings. The minimum absolute atomic E-state index is 0.0574. The van der Waals surface area contributed by atoms with Crippen LogP contribution in [-0.2, 0) is 9.84 Å². The van der Waals surface area contributed by atoms with Crippen LogP contribution >= 0.6 is 11.3 Å². The molecule has 3 aromatic rings. The topological polar surface area (TPSA) is 81.9 Å². The molecule has 0 unspecified atom stereocenters. The summed E-state index contributed by atoms with van der Waals surface area (Å²) in [5.74, 6) is -0.0575. The summed E-state index contributed by atoms with van der Waals surface area (Å²) in [6.45, 7) is 5.44. The van der Waals surface area contributed by atoms with Crippen molar-refractivity contribution in [2.24, 2.45) is 0 Å². The standard InChI is InChI=1S/C15H15N3O3S2/c1-4-23(20,21)15-17-13-12(22-15)14(19)18(8-16-13)11-6-5-9(2)7-10(11)3/h5-8H,4H2,1-3H3. The summed E-state index contributed by atoms with van der Waals surface area (Å²) in [6, 6.07) is 5.74. The summed E-state index contributed by atoms with van der Waals surface area (Å²) in [5, 5.41) is 0. The van der Waals surface area contributed by atoms with Crippen molar-refractivity contribution in [3.8, 4) is 5.69 Å². The number of hydrogen-bond donors (Lipinski definition) is 0. The fraction of sp³-hybridized carbons (Fsp3) is 0.267. The third-order valence-electron chi connectivity index (χ3n) is 3.56. The van der Waals surface area contributed by atoms with Crippen molar-refractivity contribution in [2.45, 2.75) is 25.1 Å². The first-order valence-electron chi connectivity index (χ1n) is 7.02. The van der Waals surface area contributed by atoms with Crippen molar-refractivity contribution in [1.29, 1.82) is 0 Å². The molecule has 0 radical (unpaired) electrons. The summed E-state index contributed by atoms with van der Waals surface area (Å²) in [5.41, 5.74) is 2.63. The predicted octanol–water partition coefficient (Wildman–Crippen LogP) is 2.25. The molecule has 0 saturated heterocycles. The molecule has 0 bridgehead atoms. The Kier molecular flexibility index (Phi) is 3.81. The Balaban J connectivity index is 2.26. The van der Waals surface area contributed by atoms with E-state index in [2.05, 4.69) is 9.97 Å². The van der Waals surface area contributed by atoms with Gasteiger partial charge in [-0.2, -0.15) is 0 Å². The molecule has 0 fully saturated rings. The number of aromatic nitrogens is 3. The molecular formula is C15H15N3O3S2. The van der Waals surface area contributed by atoms with Crippen molar-refractivity contribution in [3.05, 3.63) is 46.0 Å². The number of nitrogens with zero attached hydrogens (tertiary/aromatic N) is 3. The fourth-order valence-corrected chi connectivity index (χ4v) is 4.56. The predicted molar refractivity (Wildman–Crippen MR) is 90.2 cm³/mol. The monoisotopic (exact) mass is 349 g/mol. The molecule has 2 heterocycles. The zero-order valence-corrected chi connectivity index (χ0v) is 14.5. The maximum absolute atomic E-state index is 12.7. The van der Waals surface area contributed by atoms with Crippen molar-refractivity contribution < 1.29 is 8.42 Å². The second kappa shape index (κ2) is 5.54. The van der Waals surface area contributed by atoms with Crippen LogP contribution in [0.5, 0.6) is 0 Å². The molecule has 0 amide bonds. The minimum atomic E-state index is -3.45. The second-order valence-electron chi connectivity index (χ2n) is 5.25. The van der Waals surface area contributed by atoms with E-state index >= 15 is 0 Å². The highest BCUT2D eigenvalue weighted by Crippen LogP contribution is 2.23. The van der Waals surface area contributed by atoms with E-state index in [1.165, 1.54) is 10.9 Å². The summed E-state index contributed by atoms with van der Waals surface area (Å²) in [4.78, 5) is 20.8. The fourth-order valence-electron chi connectivity index (χ4n) is 2.30. The minimum Gasteiger partial charge on any atom is -0.267 e. The first-order chi connectivity index (χ1) is 10.8. The highest BCUT2D eigenvalue weighted by atomic mass is 32.2. The van der Waals surface area contributed by atoms with E-state index < -0.39 is 9.84 Å². The van der Waals surface area contributed by atoms with Gasteiger partial charge in [0, 0.05) is 0 Å². The van der Waals surface area contributed by atoms with Crippen LogP contribution in [0.2, 0.25) is 0 Å². The average Bonchev–Trinajstić information content (AvgIpc) is 2.94. The summed E-state index contributed by atoms with van der Waals surface area (Å²) in [6.07, 6.45) is 1.39. The molecule has 8 heteroatoms. The molecule has 1 aromatic carbocycles. The summed E-state index contributed by atoms with van der Waals surface area (Å²) >= 11 is 0.878. The van der Waals surface area contributed by atoms with E-state index in [1.54, 1.807) is 6.92 Å². The molecule has 6 nitrogen and oxygen atoms in total. The second-order valence-corrected chi connectivity index (χ2v) is 8.70. The Morgan fingerprint density at radius 2 is 2.00 bits per heavy atom. The van der Waals surface area contributed by atoms with Gasteiger partial charge in [0.05, 0.1) is 11.4 Å². The first kappa shape index (κ1) is 15.8. The van der Waals surface area contributed by atoms with Crippen LogP contribution in [-0.4, -0.2) is 28.7 Å². The molecule has 3 rings (SSSR count). The number of fused-ring (bicyclic) bond motifs is 1. The smallest absolute Gasteiger partial charge is 0.267 e. The quantitative estimate of drug-likeness (QED) is 0.724. The first-order valence-corrected chi connectivity index (χ1v) is 9.49. The van der Waals surface area contributed by atoms with Gasteiger partial charge in [-0.1, -0.05) is 36.0 Å². The van der Waals surface area contributed by atoms with Crippen LogP contribution in [0.1, 0.15) is 18.1 Å². The maximum Gasteiger partial charge on any atom is 0.277 e. The van der Waals surface area contributed by atoms with Gasteiger partial charge in [-0.25, -0.2) is 18.4 Å². The third kappa shape index (κ3) is 2.68. The highest BCUT2D eigenvalue weighted by molar-refractivity contribution is 7.93. The normalized spacial score (nSPS) is 12.0. The molecule has 0 aliphatic heterocycles. The van der Waals surface area contributed by atoms with E-state index in [0.717, 1.165) is 28.2 Å². The third-order valence-corrected chi connectivity index (χ3v) is 6.78. The van der Waals surface area contributed by atoms with Crippen molar-refractivity contribution in [1.82, 2.24) is 14.5 Å². The Morgan fingerprint density at radius 1 is 1.26 bits per heavy atom. The zero-order chi connectivity index (χ0) is 16.8. The molecule has 0 N–H and O–H groups in total. The van der Waals surface area contributed by atoms with Gasteiger partial charge in [-0.15, -0.1) is 0 Å². The maximum atomic E-state index is 12.7. The Bertz CT molecular complexity index is 1070. The van der Waals surface area contributed by atoms with Gasteiger partial charge in [0.15, 0.2) is 5.65 Å². The van der Waals surface area contributed by atoms with Gasteiger partial charge in [-0.05, 0) is 25.5 Å². The molecule has 120 valence electrons. The van der Waals surface area contributed by atoms with Gasteiger partial charge < -0.3 is 0 Å². The molecule has 23 heavy (non-hydrogen) atoms. The molecule has 0 aliphatic carbocycles. The molecule has 0 atom stereocenters. The van der Waals surface area contributed by atoms with E-state index in [4.69, 9.17) is 0 Å². The Hall–Kier alpha value is -2.06. The van der Waals surface area contributed by atoms with E-state index in [1.807, 2.05) is 32.0 Å². The average molecular weight is 349 g/mol. The van der Waals surface area contributed by atoms with Gasteiger partial charge in [0.2, 0.25) is 14.2 Å². The van der Waals surface area contributed by atoms with Crippen molar-refractivity contribution >= 4 is 31.5 Å². The Morgan fingerprint density at radius 3 is 2.65 bits per heavy atom. The number of aryl methyl sites for hydroxylation is 2. The number of thiazole rings is 1. The summed E-state index contributed by atoms with van der Waals surface area (Å²) in [7, 11) is -3.45. The lowest BCUT2D eigenvalue weighted by Crippen LogP contribution is -2.18. The van der Waals surface area contributed by atoms with Crippen LogP contribution in [0.4, 0.5) is 0 Å². The van der Waals surface area contributed by atoms with Crippen LogP contribution in [0.3, 0.4) is 0 Å². The summed E-state index contributed by atoms with van der Waals surface area (Å²) < 4.78 is 25.5. The number of sulfone groups is 1. The van der Waals surface area contributed by atoms with Gasteiger partial charge in [-0.3, -0.25) is 9.36 Å². The number of benzene rings is 1. The van der Waals surface area contributed by atoms with Gasteiger partial charge in [0.25, 0.3) is 5.56 Å². The molecule has 2 aromatic heterocycles. The molecule has 0 saturated carbocycles. The van der Waals surface area contributed by atoms with E-state index in [0.29, 0.717) is 0 Å². The van der Waals surface area contributed by atoms with E-state index in [-0.39, 0.29) is 26.0 Å². The van der Waals surface area contributed by atoms with Crippen LogP contribution in [0, 0.1) is 13.8 Å². The number of rotatable bonds is 3. The zero-order valence-electron chi connectivity index (χ0n) is 12.9. The van der Waals surface area contributed by atoms with Crippen LogP contribution < -0.4 is 5.56 Å². The van der Waals surface area contributed by atoms with Crippen molar-refractivity contribution in [3.63, 3.8) is 0 Å². The lowest BCUT2D eigenvalue weighted by atomic mass is 10.1. The highest BCUT2D eigenvalue weighted by Gasteiger charge is 2.20.